The van der Waals surface area contributed by atoms with E-state index in [0.29, 0.717) is 11.8 Å². The van der Waals surface area contributed by atoms with Crippen molar-refractivity contribution in [1.82, 2.24) is 9.97 Å². The number of carbonyl (C=O) groups excluding carboxylic acids is 1. The van der Waals surface area contributed by atoms with Gasteiger partial charge in [-0.1, -0.05) is 13.0 Å². The lowest BCUT2D eigenvalue weighted by Gasteiger charge is -2.45. The Bertz CT molecular complexity index is 910. The van der Waals surface area contributed by atoms with Crippen LogP contribution in [0, 0.1) is 22.2 Å². The van der Waals surface area contributed by atoms with E-state index < -0.39 is 10.8 Å². The molecule has 0 amide bonds. The Morgan fingerprint density at radius 2 is 2.08 bits per heavy atom. The fraction of sp³-hybridized carbons (Fsp3) is 0.600. The monoisotopic (exact) mass is 335 g/mol. The molecule has 4 aliphatic rings. The van der Waals surface area contributed by atoms with Crippen LogP contribution in [0.4, 0.5) is 0 Å². The van der Waals surface area contributed by atoms with Crippen molar-refractivity contribution in [3.05, 3.63) is 28.7 Å². The molecule has 0 N–H and O–H groups in total. The average molecular weight is 335 g/mol. The van der Waals surface area contributed by atoms with Crippen molar-refractivity contribution in [1.29, 1.82) is 5.26 Å². The standard InChI is InChI=1S/C20H21N3O2/c1-18-8-12(9-21)15(24)19(2)10-20(18,19)7-6-13-14(18)22-16(11-4-5-11)23-17(13)25-3/h8,11H,4-7,10H2,1-3H3/t18-,19+,20+/m1/s1. The van der Waals surface area contributed by atoms with Gasteiger partial charge in [0.15, 0.2) is 5.78 Å². The van der Waals surface area contributed by atoms with Crippen LogP contribution in [0.15, 0.2) is 11.6 Å². The number of carbonyl (C=O) groups is 1. The number of rotatable bonds is 2. The molecule has 25 heavy (non-hydrogen) atoms. The Morgan fingerprint density at radius 3 is 2.72 bits per heavy atom. The fourth-order valence-corrected chi connectivity index (χ4v) is 5.57. The van der Waals surface area contributed by atoms with Crippen LogP contribution in [0.3, 0.4) is 0 Å². The van der Waals surface area contributed by atoms with Crippen LogP contribution in [0.2, 0.25) is 0 Å². The van der Waals surface area contributed by atoms with E-state index in [-0.39, 0.29) is 16.8 Å². The number of nitrogens with zero attached hydrogens (tertiary/aromatic N) is 3. The maximum Gasteiger partial charge on any atom is 0.219 e. The fourth-order valence-electron chi connectivity index (χ4n) is 5.57. The van der Waals surface area contributed by atoms with Crippen molar-refractivity contribution in [3.63, 3.8) is 0 Å². The van der Waals surface area contributed by atoms with Crippen LogP contribution >= 0.6 is 0 Å². The number of Topliss-reactive ketones (excluding diaryl/α,β-unsaturated/α-hetero) is 1. The van der Waals surface area contributed by atoms with Gasteiger partial charge in [-0.25, -0.2) is 4.98 Å². The first kappa shape index (κ1) is 15.1. The Labute approximate surface area is 147 Å². The van der Waals surface area contributed by atoms with Crippen molar-refractivity contribution >= 4 is 5.78 Å². The zero-order valence-corrected chi connectivity index (χ0v) is 14.8. The van der Waals surface area contributed by atoms with E-state index in [9.17, 15) is 10.1 Å². The zero-order chi connectivity index (χ0) is 17.6. The van der Waals surface area contributed by atoms with Crippen molar-refractivity contribution in [2.24, 2.45) is 10.8 Å². The van der Waals surface area contributed by atoms with Gasteiger partial charge in [0.05, 0.1) is 18.4 Å². The van der Waals surface area contributed by atoms with Gasteiger partial charge < -0.3 is 4.74 Å². The third-order valence-corrected chi connectivity index (χ3v) is 7.30. The minimum atomic E-state index is -0.433. The van der Waals surface area contributed by atoms with Gasteiger partial charge >= 0.3 is 0 Å². The molecule has 0 radical (unpaired) electrons. The van der Waals surface area contributed by atoms with Gasteiger partial charge in [0.1, 0.15) is 11.9 Å². The molecule has 4 aliphatic carbocycles. The molecule has 1 aromatic rings. The topological polar surface area (TPSA) is 75.9 Å². The highest BCUT2D eigenvalue weighted by atomic mass is 16.5. The van der Waals surface area contributed by atoms with E-state index in [1.165, 1.54) is 0 Å². The maximum atomic E-state index is 12.8. The summed E-state index contributed by atoms with van der Waals surface area (Å²) >= 11 is 0. The Balaban J connectivity index is 1.79. The normalized spacial score (nSPS) is 38.0. The second-order valence-electron chi connectivity index (χ2n) is 8.48. The van der Waals surface area contributed by atoms with Crippen molar-refractivity contribution < 1.29 is 9.53 Å². The lowest BCUT2D eigenvalue weighted by atomic mass is 9.57. The molecule has 5 rings (SSSR count). The third-order valence-electron chi connectivity index (χ3n) is 7.30. The first-order valence-corrected chi connectivity index (χ1v) is 9.03. The van der Waals surface area contributed by atoms with E-state index in [1.807, 2.05) is 13.0 Å². The molecule has 128 valence electrons. The zero-order valence-electron chi connectivity index (χ0n) is 14.8. The first-order chi connectivity index (χ1) is 11.9. The largest absolute Gasteiger partial charge is 0.481 e. The molecule has 1 aromatic heterocycles. The minimum absolute atomic E-state index is 0.0133. The van der Waals surface area contributed by atoms with Crippen molar-refractivity contribution in [2.75, 3.05) is 7.11 Å². The van der Waals surface area contributed by atoms with Crippen LogP contribution in [0.1, 0.15) is 62.5 Å². The molecule has 0 unspecified atom stereocenters. The van der Waals surface area contributed by atoms with Crippen molar-refractivity contribution in [2.45, 2.75) is 57.3 Å². The predicted octanol–water partition coefficient (Wildman–Crippen LogP) is 3.00. The minimum Gasteiger partial charge on any atom is -0.481 e. The number of hydrogen-bond donors (Lipinski definition) is 0. The number of aromatic nitrogens is 2. The molecule has 1 spiro atoms. The van der Waals surface area contributed by atoms with Gasteiger partial charge in [-0.3, -0.25) is 4.79 Å². The Hall–Kier alpha value is -2.22. The number of nitriles is 1. The molecule has 3 atom stereocenters. The van der Waals surface area contributed by atoms with Crippen LogP contribution < -0.4 is 4.74 Å². The summed E-state index contributed by atoms with van der Waals surface area (Å²) in [7, 11) is 1.66. The third kappa shape index (κ3) is 1.57. The Morgan fingerprint density at radius 1 is 1.32 bits per heavy atom. The number of allylic oxidation sites excluding steroid dienone is 2. The van der Waals surface area contributed by atoms with Crippen LogP contribution in [-0.2, 0) is 16.6 Å². The smallest absolute Gasteiger partial charge is 0.219 e. The molecule has 0 saturated heterocycles. The summed E-state index contributed by atoms with van der Waals surface area (Å²) in [6.07, 6.45) is 6.72. The average Bonchev–Trinajstić information content (AvgIpc) is 3.51. The van der Waals surface area contributed by atoms with Gasteiger partial charge in [-0.15, -0.1) is 0 Å². The van der Waals surface area contributed by atoms with E-state index in [2.05, 4.69) is 18.0 Å². The molecule has 0 bridgehead atoms. The van der Waals surface area contributed by atoms with Gasteiger partial charge in [-0.05, 0) is 44.4 Å². The van der Waals surface area contributed by atoms with E-state index in [0.717, 1.165) is 49.2 Å². The molecule has 2 saturated carbocycles. The van der Waals surface area contributed by atoms with Crippen LogP contribution in [-0.4, -0.2) is 22.9 Å². The summed E-state index contributed by atoms with van der Waals surface area (Å²) in [4.78, 5) is 22.4. The first-order valence-electron chi connectivity index (χ1n) is 9.03. The molecule has 5 heteroatoms. The van der Waals surface area contributed by atoms with E-state index in [4.69, 9.17) is 9.72 Å². The lowest BCUT2D eigenvalue weighted by Crippen LogP contribution is -2.46. The van der Waals surface area contributed by atoms with Crippen LogP contribution in [0.5, 0.6) is 5.88 Å². The summed E-state index contributed by atoms with van der Waals surface area (Å²) in [5, 5.41) is 9.52. The summed E-state index contributed by atoms with van der Waals surface area (Å²) in [5.41, 5.74) is 1.36. The molecular formula is C20H21N3O2. The maximum absolute atomic E-state index is 12.8. The highest BCUT2D eigenvalue weighted by molar-refractivity contribution is 6.07. The van der Waals surface area contributed by atoms with Gasteiger partial charge in [0.2, 0.25) is 5.88 Å². The number of hydrogen-bond acceptors (Lipinski definition) is 5. The second-order valence-corrected chi connectivity index (χ2v) is 8.48. The van der Waals surface area contributed by atoms with E-state index in [1.54, 1.807) is 7.11 Å². The molecule has 1 heterocycles. The SMILES string of the molecule is COc1nc(C2CC2)nc2c1CC[C@@]13C[C@@]1(C)C(=O)C(C#N)=C[C@]23C. The molecule has 2 fully saturated rings. The molecule has 5 nitrogen and oxygen atoms in total. The lowest BCUT2D eigenvalue weighted by molar-refractivity contribution is -0.122. The molecule has 0 aliphatic heterocycles. The van der Waals surface area contributed by atoms with Crippen LogP contribution in [0.25, 0.3) is 0 Å². The highest BCUT2D eigenvalue weighted by Gasteiger charge is 2.78. The van der Waals surface area contributed by atoms with Gasteiger partial charge in [-0.2, -0.15) is 10.2 Å². The van der Waals surface area contributed by atoms with Gasteiger partial charge in [0.25, 0.3) is 0 Å². The second kappa shape index (κ2) is 4.30. The Kier molecular flexibility index (Phi) is 2.59. The summed E-state index contributed by atoms with van der Waals surface area (Å²) < 4.78 is 5.60. The number of methoxy groups -OCH3 is 1. The molecule has 0 aromatic carbocycles. The van der Waals surface area contributed by atoms with E-state index >= 15 is 0 Å². The highest BCUT2D eigenvalue weighted by Crippen LogP contribution is 2.78. The summed E-state index contributed by atoms with van der Waals surface area (Å²) in [6.45, 7) is 4.19. The van der Waals surface area contributed by atoms with Gasteiger partial charge in [0, 0.05) is 22.3 Å². The van der Waals surface area contributed by atoms with Crippen molar-refractivity contribution in [3.8, 4) is 11.9 Å². The predicted molar refractivity (Wildman–Crippen MR) is 90.1 cm³/mol. The number of fused-ring (bicyclic) bond motifs is 2. The summed E-state index contributed by atoms with van der Waals surface area (Å²) in [6, 6.07) is 2.14. The quantitative estimate of drug-likeness (QED) is 0.830. The number of ketones is 1. The number of ether oxygens (including phenoxy) is 1. The summed E-state index contributed by atoms with van der Waals surface area (Å²) in [5.74, 6) is 1.98. The molecular weight excluding hydrogens is 314 g/mol.